The number of pyridine rings is 1. The summed E-state index contributed by atoms with van der Waals surface area (Å²) in [5, 5.41) is 3.41. The molecule has 0 saturated heterocycles. The number of nitrogens with one attached hydrogen (secondary N) is 1. The first-order valence-corrected chi connectivity index (χ1v) is 7.85. The molecule has 4 rings (SSSR count). The molecule has 1 N–H and O–H groups in total. The van der Waals surface area contributed by atoms with Gasteiger partial charge in [0.2, 0.25) is 0 Å². The van der Waals surface area contributed by atoms with E-state index in [9.17, 15) is 4.39 Å². The van der Waals surface area contributed by atoms with Gasteiger partial charge in [-0.05, 0) is 36.4 Å². The highest BCUT2D eigenvalue weighted by atomic mass is 35.5. The Hall–Kier alpha value is -2.85. The Labute approximate surface area is 143 Å². The van der Waals surface area contributed by atoms with Gasteiger partial charge in [-0.1, -0.05) is 41.9 Å². The topological polar surface area (TPSA) is 29.3 Å². The van der Waals surface area contributed by atoms with Gasteiger partial charge < -0.3 is 5.32 Å². The SMILES string of the molecule is Fc1c(Cl)cccc1-c1nc2ccccn2c1Nc1ccccc1. The molecule has 2 aromatic carbocycles. The Kier molecular flexibility index (Phi) is 3.67. The number of rotatable bonds is 3. The monoisotopic (exact) mass is 337 g/mol. The Morgan fingerprint density at radius 1 is 0.917 bits per heavy atom. The van der Waals surface area contributed by atoms with Gasteiger partial charge >= 0.3 is 0 Å². The summed E-state index contributed by atoms with van der Waals surface area (Å²) in [6.45, 7) is 0. The van der Waals surface area contributed by atoms with E-state index in [2.05, 4.69) is 10.3 Å². The maximum atomic E-state index is 14.5. The van der Waals surface area contributed by atoms with Crippen LogP contribution in [0.4, 0.5) is 15.9 Å². The summed E-state index contributed by atoms with van der Waals surface area (Å²) in [7, 11) is 0. The molecule has 2 heterocycles. The third-order valence-corrected chi connectivity index (χ3v) is 4.07. The van der Waals surface area contributed by atoms with Gasteiger partial charge in [0.1, 0.15) is 17.2 Å². The standard InChI is InChI=1S/C19H13ClFN3/c20-15-10-6-9-14(17(15)21)18-19(22-13-7-2-1-3-8-13)24-12-5-4-11-16(24)23-18/h1-12,22H. The van der Waals surface area contributed by atoms with Crippen molar-refractivity contribution in [3.8, 4) is 11.3 Å². The third-order valence-electron chi connectivity index (χ3n) is 3.77. The molecule has 118 valence electrons. The Balaban J connectivity index is 1.95. The van der Waals surface area contributed by atoms with E-state index >= 15 is 0 Å². The van der Waals surface area contributed by atoms with E-state index in [1.54, 1.807) is 12.1 Å². The summed E-state index contributed by atoms with van der Waals surface area (Å²) in [5.74, 6) is 0.219. The first-order valence-electron chi connectivity index (χ1n) is 7.47. The number of aromatic nitrogens is 2. The van der Waals surface area contributed by atoms with Gasteiger partial charge in [0.15, 0.2) is 5.82 Å². The molecular formula is C19H13ClFN3. The number of nitrogens with zero attached hydrogens (tertiary/aromatic N) is 2. The van der Waals surface area contributed by atoms with Crippen molar-refractivity contribution in [1.82, 2.24) is 9.38 Å². The minimum atomic E-state index is -0.473. The number of imidazole rings is 1. The van der Waals surface area contributed by atoms with Crippen molar-refractivity contribution < 1.29 is 4.39 Å². The van der Waals surface area contributed by atoms with Crippen molar-refractivity contribution in [1.29, 1.82) is 0 Å². The van der Waals surface area contributed by atoms with Gasteiger partial charge in [-0.25, -0.2) is 9.37 Å². The molecular weight excluding hydrogens is 325 g/mol. The lowest BCUT2D eigenvalue weighted by molar-refractivity contribution is 0.631. The van der Waals surface area contributed by atoms with E-state index in [4.69, 9.17) is 11.6 Å². The molecule has 0 radical (unpaired) electrons. The summed E-state index contributed by atoms with van der Waals surface area (Å²) in [6.07, 6.45) is 1.89. The number of hydrogen-bond acceptors (Lipinski definition) is 2. The van der Waals surface area contributed by atoms with Crippen LogP contribution in [0.2, 0.25) is 5.02 Å². The molecule has 0 aliphatic carbocycles. The zero-order chi connectivity index (χ0) is 16.5. The van der Waals surface area contributed by atoms with Crippen LogP contribution in [0, 0.1) is 5.82 Å². The van der Waals surface area contributed by atoms with Crippen molar-refractivity contribution in [2.45, 2.75) is 0 Å². The highest BCUT2D eigenvalue weighted by molar-refractivity contribution is 6.31. The van der Waals surface area contributed by atoms with Crippen LogP contribution in [0.25, 0.3) is 16.9 Å². The van der Waals surface area contributed by atoms with Crippen molar-refractivity contribution >= 4 is 28.8 Å². The van der Waals surface area contributed by atoms with Crippen LogP contribution >= 0.6 is 11.6 Å². The van der Waals surface area contributed by atoms with Crippen LogP contribution in [-0.4, -0.2) is 9.38 Å². The average molecular weight is 338 g/mol. The Morgan fingerprint density at radius 3 is 2.54 bits per heavy atom. The van der Waals surface area contributed by atoms with Crippen LogP contribution in [0.3, 0.4) is 0 Å². The molecule has 3 nitrogen and oxygen atoms in total. The molecule has 0 spiro atoms. The van der Waals surface area contributed by atoms with Crippen LogP contribution in [0.5, 0.6) is 0 Å². The lowest BCUT2D eigenvalue weighted by Gasteiger charge is -2.09. The first kappa shape index (κ1) is 14.7. The van der Waals surface area contributed by atoms with Crippen molar-refractivity contribution in [2.24, 2.45) is 0 Å². The lowest BCUT2D eigenvalue weighted by Crippen LogP contribution is -1.97. The normalized spacial score (nSPS) is 10.9. The molecule has 0 unspecified atom stereocenters. The second kappa shape index (κ2) is 5.98. The molecule has 0 bridgehead atoms. The van der Waals surface area contributed by atoms with E-state index in [-0.39, 0.29) is 5.02 Å². The van der Waals surface area contributed by atoms with Gasteiger partial charge in [0.25, 0.3) is 0 Å². The summed E-state index contributed by atoms with van der Waals surface area (Å²) >= 11 is 5.94. The quantitative estimate of drug-likeness (QED) is 0.532. The molecule has 4 aromatic rings. The lowest BCUT2D eigenvalue weighted by atomic mass is 10.1. The maximum absolute atomic E-state index is 14.5. The Morgan fingerprint density at radius 2 is 1.71 bits per heavy atom. The molecule has 0 saturated carbocycles. The highest BCUT2D eigenvalue weighted by Gasteiger charge is 2.18. The van der Waals surface area contributed by atoms with Crippen LogP contribution in [0.1, 0.15) is 0 Å². The third kappa shape index (κ3) is 2.51. The number of hydrogen-bond donors (Lipinski definition) is 1. The smallest absolute Gasteiger partial charge is 0.151 e. The zero-order valence-electron chi connectivity index (χ0n) is 12.6. The molecule has 0 fully saturated rings. The molecule has 2 aromatic heterocycles. The number of halogens is 2. The molecule has 5 heteroatoms. The predicted octanol–water partition coefficient (Wildman–Crippen LogP) is 5.54. The van der Waals surface area contributed by atoms with Crippen LogP contribution in [-0.2, 0) is 0 Å². The molecule has 0 atom stereocenters. The number of fused-ring (bicyclic) bond motifs is 1. The van der Waals surface area contributed by atoms with E-state index in [0.29, 0.717) is 17.1 Å². The summed E-state index contributed by atoms with van der Waals surface area (Å²) < 4.78 is 16.4. The fourth-order valence-electron chi connectivity index (χ4n) is 2.65. The fraction of sp³-hybridized carbons (Fsp3) is 0. The van der Waals surface area contributed by atoms with Crippen molar-refractivity contribution in [3.63, 3.8) is 0 Å². The second-order valence-corrected chi connectivity index (χ2v) is 5.74. The van der Waals surface area contributed by atoms with Gasteiger partial charge in [0.05, 0.1) is 5.02 Å². The van der Waals surface area contributed by atoms with E-state index in [1.807, 2.05) is 59.1 Å². The summed E-state index contributed by atoms with van der Waals surface area (Å²) in [4.78, 5) is 4.58. The minimum Gasteiger partial charge on any atom is -0.339 e. The van der Waals surface area contributed by atoms with Gasteiger partial charge in [-0.2, -0.15) is 0 Å². The largest absolute Gasteiger partial charge is 0.339 e. The van der Waals surface area contributed by atoms with Crippen LogP contribution < -0.4 is 5.32 Å². The zero-order valence-corrected chi connectivity index (χ0v) is 13.3. The summed E-state index contributed by atoms with van der Waals surface area (Å²) in [5.41, 5.74) is 2.51. The molecule has 0 aliphatic heterocycles. The van der Waals surface area contributed by atoms with Crippen molar-refractivity contribution in [2.75, 3.05) is 5.32 Å². The van der Waals surface area contributed by atoms with Crippen LogP contribution in [0.15, 0.2) is 72.9 Å². The highest BCUT2D eigenvalue weighted by Crippen LogP contribution is 2.34. The van der Waals surface area contributed by atoms with Gasteiger partial charge in [-0.15, -0.1) is 0 Å². The second-order valence-electron chi connectivity index (χ2n) is 5.33. The molecule has 0 amide bonds. The van der Waals surface area contributed by atoms with E-state index < -0.39 is 5.82 Å². The maximum Gasteiger partial charge on any atom is 0.151 e. The number of para-hydroxylation sites is 1. The van der Waals surface area contributed by atoms with Gasteiger partial charge in [-0.3, -0.25) is 4.40 Å². The summed E-state index contributed by atoms with van der Waals surface area (Å²) in [6, 6.07) is 20.3. The predicted molar refractivity (Wildman–Crippen MR) is 95.3 cm³/mol. The molecule has 24 heavy (non-hydrogen) atoms. The minimum absolute atomic E-state index is 0.0789. The van der Waals surface area contributed by atoms with Crippen molar-refractivity contribution in [3.05, 3.63) is 83.8 Å². The van der Waals surface area contributed by atoms with Gasteiger partial charge in [0, 0.05) is 17.4 Å². The van der Waals surface area contributed by atoms with E-state index in [1.165, 1.54) is 6.07 Å². The van der Waals surface area contributed by atoms with E-state index in [0.717, 1.165) is 11.3 Å². The Bertz CT molecular complexity index is 1010. The number of benzene rings is 2. The molecule has 0 aliphatic rings. The fourth-order valence-corrected chi connectivity index (χ4v) is 2.82. The average Bonchev–Trinajstić information content (AvgIpc) is 2.97. The first-order chi connectivity index (χ1) is 11.7. The number of anilines is 2.